The number of benzene rings is 1. The number of nitrogens with zero attached hydrogens (tertiary/aromatic N) is 1. The zero-order valence-electron chi connectivity index (χ0n) is 22.5. The quantitative estimate of drug-likeness (QED) is 0.851. The number of hydrogen-bond donors (Lipinski definition) is 0. The average Bonchev–Trinajstić information content (AvgIpc) is 2.61. The number of piperidine rings is 1. The molecule has 23 heavy (non-hydrogen) atoms. The second-order valence-electron chi connectivity index (χ2n) is 6.19. The van der Waals surface area contributed by atoms with Crippen LogP contribution in [-0.2, 0) is 11.2 Å². The molecule has 1 aromatic rings. The van der Waals surface area contributed by atoms with Crippen molar-refractivity contribution in [3.63, 3.8) is 0 Å². The van der Waals surface area contributed by atoms with Crippen LogP contribution in [0.2, 0.25) is 0 Å². The molecule has 0 amide bonds. The van der Waals surface area contributed by atoms with E-state index in [9.17, 15) is 4.79 Å². The van der Waals surface area contributed by atoms with Crippen LogP contribution in [0.1, 0.15) is 56.1 Å². The van der Waals surface area contributed by atoms with Gasteiger partial charge in [-0.05, 0) is 42.0 Å². The van der Waals surface area contributed by atoms with Gasteiger partial charge in [0.2, 0.25) is 0 Å². The van der Waals surface area contributed by atoms with Gasteiger partial charge in [-0.15, -0.1) is 0 Å². The Morgan fingerprint density at radius 3 is 2.91 bits per heavy atom. The number of ether oxygens (including phenoxy) is 2. The lowest BCUT2D eigenvalue weighted by atomic mass is 9.80. The average molecular weight is 326 g/mol. The van der Waals surface area contributed by atoms with Crippen LogP contribution in [0.4, 0.5) is 0 Å². The van der Waals surface area contributed by atoms with Crippen molar-refractivity contribution in [2.75, 3.05) is 27.2 Å². The Kier molecular flexibility index (Phi) is 2.41. The molecule has 3 rings (SSSR count). The third-order valence-corrected chi connectivity index (χ3v) is 4.03. The molecule has 0 saturated carbocycles. The van der Waals surface area contributed by atoms with Gasteiger partial charge in [-0.25, -0.2) is 0 Å². The second kappa shape index (κ2) is 6.52. The molecule has 2 aliphatic rings. The van der Waals surface area contributed by atoms with Crippen molar-refractivity contribution in [1.29, 1.82) is 0 Å². The highest BCUT2D eigenvalue weighted by Gasteiger charge is 2.38. The molecule has 0 spiro atoms. The molecule has 1 fully saturated rings. The summed E-state index contributed by atoms with van der Waals surface area (Å²) >= 11 is 0. The van der Waals surface area contributed by atoms with E-state index in [0.29, 0.717) is 0 Å². The zero-order chi connectivity index (χ0) is 24.5. The molecule has 2 aliphatic heterocycles. The number of carbonyl (C=O) groups excluding carboxylic acids is 1. The minimum absolute atomic E-state index is 0.0719. The van der Waals surface area contributed by atoms with Crippen LogP contribution in [-0.4, -0.2) is 37.9 Å². The lowest BCUT2D eigenvalue weighted by molar-refractivity contribution is -0.129. The van der Waals surface area contributed by atoms with Gasteiger partial charge in [0.25, 0.3) is 0 Å². The second-order valence-corrected chi connectivity index (χ2v) is 6.19. The summed E-state index contributed by atoms with van der Waals surface area (Å²) in [5, 5.41) is 0. The van der Waals surface area contributed by atoms with Crippen LogP contribution in [0, 0.1) is 11.8 Å². The third kappa shape index (κ3) is 3.09. The van der Waals surface area contributed by atoms with Crippen LogP contribution in [0.5, 0.6) is 11.5 Å². The molecule has 0 radical (unpaired) electrons. The molecule has 2 unspecified atom stereocenters. The number of Topliss-reactive ketones (excluding diaryl/α,β-unsaturated/α-hetero) is 1. The lowest BCUT2D eigenvalue weighted by Crippen LogP contribution is -2.46. The fourth-order valence-corrected chi connectivity index (χ4v) is 3.00. The fourth-order valence-electron chi connectivity index (χ4n) is 3.00. The first-order valence-corrected chi connectivity index (χ1v) is 7.61. The lowest BCUT2D eigenvalue weighted by Gasteiger charge is -2.43. The van der Waals surface area contributed by atoms with Gasteiger partial charge in [0.1, 0.15) is 5.78 Å². The predicted molar refractivity (Wildman–Crippen MR) is 90.1 cm³/mol. The minimum atomic E-state index is -2.84. The molecule has 2 heterocycles. The number of carbonyl (C=O) groups is 1. The summed E-state index contributed by atoms with van der Waals surface area (Å²) in [6.07, 6.45) is -4.90. The van der Waals surface area contributed by atoms with Crippen molar-refractivity contribution in [3.05, 3.63) is 23.3 Å². The first-order chi connectivity index (χ1) is 14.4. The molecule has 0 N–H and O–H groups in total. The highest BCUT2D eigenvalue weighted by Crippen LogP contribution is 2.42. The van der Waals surface area contributed by atoms with Gasteiger partial charge in [0.15, 0.2) is 11.5 Å². The van der Waals surface area contributed by atoms with Crippen molar-refractivity contribution in [3.8, 4) is 11.5 Å². The van der Waals surface area contributed by atoms with Crippen molar-refractivity contribution in [2.45, 2.75) is 39.0 Å². The molecule has 0 aromatic heterocycles. The Morgan fingerprint density at radius 2 is 2.22 bits per heavy atom. The maximum absolute atomic E-state index is 13.2. The molecule has 0 aliphatic carbocycles. The van der Waals surface area contributed by atoms with Gasteiger partial charge >= 0.3 is 0 Å². The Morgan fingerprint density at radius 1 is 1.43 bits per heavy atom. The molecular formula is C19H27NO3. The SMILES string of the molecule is [2H]C([2H])([2H])Oc1cc2c(cc1OC)C1([2H])N(CC([2H])(CC(C)C)C(=O)C1([2H])[2H])CC2([2H])[2H]. The predicted octanol–water partition coefficient (Wildman–Crippen LogP) is 3.24. The van der Waals surface area contributed by atoms with Gasteiger partial charge in [0.05, 0.1) is 19.6 Å². The van der Waals surface area contributed by atoms with E-state index < -0.39 is 44.0 Å². The Balaban J connectivity index is 2.25. The monoisotopic (exact) mass is 326 g/mol. The summed E-state index contributed by atoms with van der Waals surface area (Å²) in [7, 11) is -1.61. The van der Waals surface area contributed by atoms with Gasteiger partial charge < -0.3 is 9.47 Å². The van der Waals surface area contributed by atoms with E-state index in [4.69, 9.17) is 21.8 Å². The van der Waals surface area contributed by atoms with E-state index >= 15 is 0 Å². The van der Waals surface area contributed by atoms with E-state index in [2.05, 4.69) is 0 Å². The van der Waals surface area contributed by atoms with Crippen molar-refractivity contribution < 1.29 is 26.6 Å². The van der Waals surface area contributed by atoms with Crippen molar-refractivity contribution in [1.82, 2.24) is 4.90 Å². The Hall–Kier alpha value is -1.55. The van der Waals surface area contributed by atoms with Gasteiger partial charge in [-0.3, -0.25) is 9.69 Å². The molecular weight excluding hydrogens is 290 g/mol. The van der Waals surface area contributed by atoms with Crippen molar-refractivity contribution in [2.24, 2.45) is 11.8 Å². The highest BCUT2D eigenvalue weighted by atomic mass is 16.5. The third-order valence-electron chi connectivity index (χ3n) is 4.03. The summed E-state index contributed by atoms with van der Waals surface area (Å²) in [6.45, 7) is 2.87. The van der Waals surface area contributed by atoms with Crippen LogP contribution in [0.3, 0.4) is 0 Å². The van der Waals surface area contributed by atoms with Crippen LogP contribution in [0.15, 0.2) is 12.1 Å². The summed E-state index contributed by atoms with van der Waals surface area (Å²) in [6, 6.07) is -0.0678. The minimum Gasteiger partial charge on any atom is -0.493 e. The first-order valence-electron chi connectivity index (χ1n) is 12.1. The van der Waals surface area contributed by atoms with E-state index in [-0.39, 0.29) is 41.5 Å². The Bertz CT molecular complexity index is 933. The van der Waals surface area contributed by atoms with E-state index in [1.165, 1.54) is 12.0 Å². The summed E-state index contributed by atoms with van der Waals surface area (Å²) in [5.74, 6) is -3.34. The van der Waals surface area contributed by atoms with Gasteiger partial charge in [-0.2, -0.15) is 0 Å². The maximum Gasteiger partial charge on any atom is 0.161 e. The standard InChI is InChI=1S/C19H27NO3/c1-12(2)7-14-11-20-6-5-13-8-18(22-3)19(23-4)9-15(13)16(20)10-17(14)21/h8-9,12,14,16H,5-7,10-11H2,1-4H3/i3D3,5D2,10D2,14D,16D. The summed E-state index contributed by atoms with van der Waals surface area (Å²) < 4.78 is 84.4. The number of hydrogen-bond acceptors (Lipinski definition) is 4. The largest absolute Gasteiger partial charge is 0.493 e. The van der Waals surface area contributed by atoms with Crippen molar-refractivity contribution >= 4 is 5.78 Å². The maximum atomic E-state index is 13.2. The first kappa shape index (κ1) is 8.52. The fraction of sp³-hybridized carbons (Fsp3) is 0.632. The molecule has 0 bridgehead atoms. The number of rotatable bonds is 4. The summed E-state index contributed by atoms with van der Waals surface area (Å²) in [5.41, 5.74) is -0.310. The zero-order valence-corrected chi connectivity index (χ0v) is 13.5. The van der Waals surface area contributed by atoms with Crippen LogP contribution >= 0.6 is 0 Å². The molecule has 126 valence electrons. The molecule has 1 saturated heterocycles. The normalized spacial score (nSPS) is 41.4. The van der Waals surface area contributed by atoms with E-state index in [0.717, 1.165) is 12.1 Å². The number of methoxy groups -OCH3 is 2. The highest BCUT2D eigenvalue weighted by molar-refractivity contribution is 5.83. The molecule has 1 aromatic carbocycles. The topological polar surface area (TPSA) is 38.8 Å². The smallest absolute Gasteiger partial charge is 0.161 e. The molecule has 2 atom stereocenters. The van der Waals surface area contributed by atoms with E-state index in [1.54, 1.807) is 0 Å². The van der Waals surface area contributed by atoms with Crippen LogP contribution in [0.25, 0.3) is 0 Å². The number of fused-ring (bicyclic) bond motifs is 3. The molecule has 4 heteroatoms. The Labute approximate surface area is 151 Å². The van der Waals surface area contributed by atoms with Gasteiger partial charge in [0, 0.05) is 38.2 Å². The van der Waals surface area contributed by atoms with E-state index in [1.807, 2.05) is 13.8 Å². The summed E-state index contributed by atoms with van der Waals surface area (Å²) in [4.78, 5) is 14.4. The molecule has 4 nitrogen and oxygen atoms in total. The number of ketones is 1. The van der Waals surface area contributed by atoms with Crippen LogP contribution < -0.4 is 9.47 Å². The van der Waals surface area contributed by atoms with Gasteiger partial charge in [-0.1, -0.05) is 13.8 Å².